The molecule has 8 nitrogen and oxygen atoms in total. The van der Waals surface area contributed by atoms with Gasteiger partial charge in [-0.3, -0.25) is 9.40 Å². The van der Waals surface area contributed by atoms with Crippen LogP contribution in [0.3, 0.4) is 0 Å². The lowest BCUT2D eigenvalue weighted by atomic mass is 10.3. The molecule has 2 heterocycles. The van der Waals surface area contributed by atoms with Gasteiger partial charge in [0.25, 0.3) is 10.0 Å². The third-order valence-electron chi connectivity index (χ3n) is 2.70. The first-order chi connectivity index (χ1) is 10.2. The smallest absolute Gasteiger partial charge is 0.336 e. The van der Waals surface area contributed by atoms with Crippen LogP contribution in [0.15, 0.2) is 21.9 Å². The van der Waals surface area contributed by atoms with Gasteiger partial charge < -0.3 is 5.11 Å². The monoisotopic (exact) mass is 340 g/mol. The van der Waals surface area contributed by atoms with E-state index >= 15 is 0 Å². The summed E-state index contributed by atoms with van der Waals surface area (Å²) in [6, 6.07) is 2.89. The van der Waals surface area contributed by atoms with Gasteiger partial charge in [-0.25, -0.2) is 13.2 Å². The Morgan fingerprint density at radius 1 is 1.55 bits per heavy atom. The van der Waals surface area contributed by atoms with E-state index in [-0.39, 0.29) is 27.2 Å². The molecule has 0 fully saturated rings. The Labute approximate surface area is 130 Å². The maximum atomic E-state index is 12.2. The van der Waals surface area contributed by atoms with E-state index in [4.69, 9.17) is 10.4 Å². The molecule has 2 N–H and O–H groups in total. The highest BCUT2D eigenvalue weighted by Crippen LogP contribution is 2.24. The minimum Gasteiger partial charge on any atom is -0.478 e. The molecule has 116 valence electrons. The number of nitriles is 1. The van der Waals surface area contributed by atoms with Gasteiger partial charge in [-0.15, -0.1) is 11.3 Å². The highest BCUT2D eigenvalue weighted by molar-refractivity contribution is 7.94. The van der Waals surface area contributed by atoms with Gasteiger partial charge in [-0.2, -0.15) is 10.4 Å². The van der Waals surface area contributed by atoms with Crippen LogP contribution >= 0.6 is 11.3 Å². The maximum absolute atomic E-state index is 12.2. The fraction of sp³-hybridized carbons (Fsp3) is 0.250. The van der Waals surface area contributed by atoms with Crippen molar-refractivity contribution < 1.29 is 18.3 Å². The van der Waals surface area contributed by atoms with E-state index in [1.165, 1.54) is 16.3 Å². The zero-order valence-corrected chi connectivity index (χ0v) is 13.3. The first kappa shape index (κ1) is 16.0. The van der Waals surface area contributed by atoms with Crippen molar-refractivity contribution >= 4 is 33.1 Å². The third-order valence-corrected chi connectivity index (χ3v) is 5.48. The van der Waals surface area contributed by atoms with Crippen LogP contribution in [0.25, 0.3) is 0 Å². The maximum Gasteiger partial charge on any atom is 0.336 e. The van der Waals surface area contributed by atoms with Gasteiger partial charge in [-0.05, 0) is 19.9 Å². The average Bonchev–Trinajstić information content (AvgIpc) is 3.04. The number of sulfonamides is 1. The van der Waals surface area contributed by atoms with Crippen LogP contribution in [0.1, 0.15) is 35.8 Å². The molecule has 0 spiro atoms. The van der Waals surface area contributed by atoms with E-state index < -0.39 is 16.0 Å². The molecule has 0 saturated heterocycles. The minimum absolute atomic E-state index is 0.0364. The number of hydrogen-bond acceptors (Lipinski definition) is 6. The predicted molar refractivity (Wildman–Crippen MR) is 79.4 cm³/mol. The van der Waals surface area contributed by atoms with E-state index in [0.29, 0.717) is 0 Å². The molecule has 0 aliphatic rings. The van der Waals surface area contributed by atoms with Crippen molar-refractivity contribution in [2.45, 2.75) is 24.1 Å². The molecule has 0 unspecified atom stereocenters. The average molecular weight is 340 g/mol. The quantitative estimate of drug-likeness (QED) is 0.856. The van der Waals surface area contributed by atoms with E-state index in [9.17, 15) is 13.2 Å². The summed E-state index contributed by atoms with van der Waals surface area (Å²) in [6.07, 6.45) is 1.44. The number of rotatable bonds is 5. The van der Waals surface area contributed by atoms with Crippen LogP contribution in [0.5, 0.6) is 0 Å². The Morgan fingerprint density at radius 2 is 2.23 bits per heavy atom. The zero-order chi connectivity index (χ0) is 16.5. The molecular weight excluding hydrogens is 328 g/mol. The lowest BCUT2D eigenvalue weighted by molar-refractivity contribution is 0.0697. The Hall–Kier alpha value is -2.38. The van der Waals surface area contributed by atoms with E-state index in [0.717, 1.165) is 17.4 Å². The number of anilines is 1. The van der Waals surface area contributed by atoms with Crippen LogP contribution in [-0.4, -0.2) is 29.3 Å². The summed E-state index contributed by atoms with van der Waals surface area (Å²) in [5.74, 6) is -1.29. The van der Waals surface area contributed by atoms with Crippen molar-refractivity contribution in [3.05, 3.63) is 28.8 Å². The molecule has 0 amide bonds. The van der Waals surface area contributed by atoms with E-state index in [2.05, 4.69) is 9.82 Å². The molecule has 0 bridgehead atoms. The molecule has 0 aromatic carbocycles. The van der Waals surface area contributed by atoms with Gasteiger partial charge in [0, 0.05) is 17.6 Å². The van der Waals surface area contributed by atoms with Crippen molar-refractivity contribution in [3.8, 4) is 6.07 Å². The van der Waals surface area contributed by atoms with Gasteiger partial charge >= 0.3 is 5.97 Å². The number of hydrogen-bond donors (Lipinski definition) is 2. The zero-order valence-electron chi connectivity index (χ0n) is 11.6. The number of carboxylic acid groups (broad SMARTS) is 1. The van der Waals surface area contributed by atoms with E-state index in [1.54, 1.807) is 0 Å². The summed E-state index contributed by atoms with van der Waals surface area (Å²) < 4.78 is 28.0. The molecular formula is C12H12N4O4S2. The normalized spacial score (nSPS) is 11.4. The second-order valence-corrected chi connectivity index (χ2v) is 7.46. The van der Waals surface area contributed by atoms with Crippen molar-refractivity contribution in [1.29, 1.82) is 5.26 Å². The van der Waals surface area contributed by atoms with Crippen LogP contribution in [0, 0.1) is 11.3 Å². The second kappa shape index (κ2) is 5.78. The summed E-state index contributed by atoms with van der Waals surface area (Å²) in [4.78, 5) is 10.8. The predicted octanol–water partition coefficient (Wildman–Crippen LogP) is 1.90. The lowest BCUT2D eigenvalue weighted by Gasteiger charge is -2.05. The number of aromatic nitrogens is 2. The van der Waals surface area contributed by atoms with Crippen LogP contribution in [0.2, 0.25) is 0 Å². The van der Waals surface area contributed by atoms with Crippen LogP contribution < -0.4 is 4.72 Å². The lowest BCUT2D eigenvalue weighted by Crippen LogP contribution is -2.13. The number of nitrogens with one attached hydrogen (secondary N) is 1. The third kappa shape index (κ3) is 3.10. The van der Waals surface area contributed by atoms with Crippen LogP contribution in [0.4, 0.5) is 5.82 Å². The van der Waals surface area contributed by atoms with E-state index in [1.807, 2.05) is 19.9 Å². The number of aromatic carboxylic acids is 1. The minimum atomic E-state index is -3.99. The second-order valence-electron chi connectivity index (χ2n) is 4.64. The van der Waals surface area contributed by atoms with Gasteiger partial charge in [0.1, 0.15) is 15.8 Å². The molecule has 2 aromatic heterocycles. The highest BCUT2D eigenvalue weighted by atomic mass is 32.2. The van der Waals surface area contributed by atoms with Gasteiger partial charge in [0.05, 0.1) is 5.56 Å². The molecule has 0 aliphatic carbocycles. The fourth-order valence-corrected chi connectivity index (χ4v) is 3.73. The van der Waals surface area contributed by atoms with Crippen molar-refractivity contribution in [2.24, 2.45) is 0 Å². The number of thiophene rings is 1. The molecule has 0 aliphatic heterocycles. The summed E-state index contributed by atoms with van der Waals surface area (Å²) in [6.45, 7) is 3.68. The SMILES string of the molecule is CC(C)n1cc(C#N)c(NS(=O)(=O)c2cc(C(=O)O)cs2)n1. The molecule has 10 heteroatoms. The van der Waals surface area contributed by atoms with Crippen molar-refractivity contribution in [2.75, 3.05) is 4.72 Å². The number of nitrogens with zero attached hydrogens (tertiary/aromatic N) is 3. The van der Waals surface area contributed by atoms with Crippen molar-refractivity contribution in [1.82, 2.24) is 9.78 Å². The molecule has 2 rings (SSSR count). The largest absolute Gasteiger partial charge is 0.478 e. The standard InChI is InChI=1S/C12H12N4O4S2/c1-7(2)16-5-9(4-13)11(14-16)15-22(19,20)10-3-8(6-21-10)12(17)18/h3,5-7H,1-2H3,(H,14,15)(H,17,18). The molecule has 0 atom stereocenters. The molecule has 2 aromatic rings. The highest BCUT2D eigenvalue weighted by Gasteiger charge is 2.22. The van der Waals surface area contributed by atoms with Crippen molar-refractivity contribution in [3.63, 3.8) is 0 Å². The Balaban J connectivity index is 2.36. The molecule has 0 saturated carbocycles. The first-order valence-corrected chi connectivity index (χ1v) is 8.44. The topological polar surface area (TPSA) is 125 Å². The summed E-state index contributed by atoms with van der Waals surface area (Å²) in [5.41, 5.74) is -0.0223. The summed E-state index contributed by atoms with van der Waals surface area (Å²) >= 11 is 0.782. The Bertz CT molecular complexity index is 858. The molecule has 22 heavy (non-hydrogen) atoms. The number of carbonyl (C=O) groups is 1. The van der Waals surface area contributed by atoms with Gasteiger partial charge in [0.15, 0.2) is 5.82 Å². The fourth-order valence-electron chi connectivity index (χ4n) is 1.56. The van der Waals surface area contributed by atoms with Gasteiger partial charge in [0.2, 0.25) is 0 Å². The Kier molecular flexibility index (Phi) is 4.20. The summed E-state index contributed by atoms with van der Waals surface area (Å²) in [5, 5.41) is 23.1. The van der Waals surface area contributed by atoms with Crippen LogP contribution in [-0.2, 0) is 10.0 Å². The summed E-state index contributed by atoms with van der Waals surface area (Å²) in [7, 11) is -3.99. The van der Waals surface area contributed by atoms with Gasteiger partial charge in [-0.1, -0.05) is 0 Å². The number of carboxylic acids is 1. The Morgan fingerprint density at radius 3 is 2.73 bits per heavy atom. The first-order valence-electron chi connectivity index (χ1n) is 6.08. The molecule has 0 radical (unpaired) electrons.